The minimum atomic E-state index is -1.50. The summed E-state index contributed by atoms with van der Waals surface area (Å²) in [4.78, 5) is 4.48. The van der Waals surface area contributed by atoms with Crippen LogP contribution in [-0.4, -0.2) is 71.3 Å². The summed E-state index contributed by atoms with van der Waals surface area (Å²) in [6.45, 7) is 2.70. The third kappa shape index (κ3) is 6.08. The van der Waals surface area contributed by atoms with E-state index in [9.17, 15) is 20.1 Å². The van der Waals surface area contributed by atoms with Crippen molar-refractivity contribution in [1.82, 2.24) is 9.80 Å². The molecule has 0 radical (unpaired) electrons. The van der Waals surface area contributed by atoms with Crippen molar-refractivity contribution in [1.29, 1.82) is 0 Å². The molecule has 40 heavy (non-hydrogen) atoms. The summed E-state index contributed by atoms with van der Waals surface area (Å²) in [6, 6.07) is 23.6. The molecule has 5 rings (SSSR count). The maximum atomic E-state index is 9.85. The van der Waals surface area contributed by atoms with Crippen molar-refractivity contribution in [3.05, 3.63) is 118 Å². The first-order valence-corrected chi connectivity index (χ1v) is 13.8. The summed E-state index contributed by atoms with van der Waals surface area (Å²) in [7, 11) is 1.17. The second-order valence-electron chi connectivity index (χ2n) is 10.9. The summed E-state index contributed by atoms with van der Waals surface area (Å²) >= 11 is 0. The molecule has 4 N–H and O–H groups in total. The first kappa shape index (κ1) is 28.3. The van der Waals surface area contributed by atoms with Gasteiger partial charge < -0.3 is 20.1 Å². The summed E-state index contributed by atoms with van der Waals surface area (Å²) in [5.74, 6) is 0.260. The summed E-state index contributed by atoms with van der Waals surface area (Å²) in [5.41, 5.74) is 6.89. The van der Waals surface area contributed by atoms with Crippen LogP contribution in [0.2, 0.25) is 0 Å². The lowest BCUT2D eigenvalue weighted by Crippen LogP contribution is -2.43. The van der Waals surface area contributed by atoms with E-state index in [1.807, 2.05) is 36.4 Å². The molecule has 1 atom stereocenters. The Morgan fingerprint density at radius 3 is 1.80 bits per heavy atom. The van der Waals surface area contributed by atoms with Gasteiger partial charge in [0.1, 0.15) is 0 Å². The van der Waals surface area contributed by atoms with Crippen LogP contribution in [0.1, 0.15) is 17.5 Å². The Kier molecular flexibility index (Phi) is 8.86. The van der Waals surface area contributed by atoms with Gasteiger partial charge in [-0.2, -0.15) is 0 Å². The van der Waals surface area contributed by atoms with E-state index in [1.165, 1.54) is 27.2 Å². The highest BCUT2D eigenvalue weighted by molar-refractivity contribution is 6.59. The van der Waals surface area contributed by atoms with Crippen molar-refractivity contribution in [3.8, 4) is 0 Å². The zero-order chi connectivity index (χ0) is 28.2. The van der Waals surface area contributed by atoms with Crippen LogP contribution in [0.5, 0.6) is 0 Å². The highest BCUT2D eigenvalue weighted by Gasteiger charge is 2.29. The number of hydrogen-bond acceptors (Lipinski definition) is 6. The predicted octanol–water partition coefficient (Wildman–Crippen LogP) is 0.128. The van der Waals surface area contributed by atoms with Crippen LogP contribution in [0, 0.1) is 5.92 Å². The molecule has 204 valence electrons. The van der Waals surface area contributed by atoms with Gasteiger partial charge in [-0.25, -0.2) is 0 Å². The van der Waals surface area contributed by atoms with Crippen LogP contribution in [0.15, 0.2) is 96.6 Å². The topological polar surface area (TPSA) is 87.4 Å². The van der Waals surface area contributed by atoms with Crippen LogP contribution in [-0.2, 0) is 13.1 Å². The van der Waals surface area contributed by atoms with Crippen molar-refractivity contribution in [3.63, 3.8) is 0 Å². The molecular formula is C32H36B2N2O4. The van der Waals surface area contributed by atoms with Crippen molar-refractivity contribution in [2.75, 3.05) is 27.2 Å². The Hall–Kier alpha value is -3.23. The first-order chi connectivity index (χ1) is 19.3. The Balaban J connectivity index is 1.49. The number of hydrogen-bond donors (Lipinski definition) is 4. The Morgan fingerprint density at radius 1 is 0.675 bits per heavy atom. The lowest BCUT2D eigenvalue weighted by atomic mass is 9.75. The van der Waals surface area contributed by atoms with Gasteiger partial charge in [-0.3, -0.25) is 9.80 Å². The fourth-order valence-electron chi connectivity index (χ4n) is 6.13. The van der Waals surface area contributed by atoms with Gasteiger partial charge in [0, 0.05) is 32.1 Å². The number of nitrogens with zero attached hydrogens (tertiary/aromatic N) is 2. The molecule has 6 nitrogen and oxygen atoms in total. The molecule has 0 aromatic heterocycles. The average molecular weight is 534 g/mol. The SMILES string of the molecule is CN(CC1=c2ccccc2=C(CN(C)Cc2ccccc2B(O)O)C2CC=CC=C12)Cc1ccccc1B(O)O. The molecule has 0 saturated heterocycles. The molecule has 0 amide bonds. The minimum Gasteiger partial charge on any atom is -0.423 e. The molecule has 0 aliphatic heterocycles. The average Bonchev–Trinajstić information content (AvgIpc) is 2.95. The van der Waals surface area contributed by atoms with Crippen molar-refractivity contribution >= 4 is 36.3 Å². The van der Waals surface area contributed by atoms with E-state index < -0.39 is 14.2 Å². The smallest absolute Gasteiger partial charge is 0.423 e. The number of allylic oxidation sites excluding steroid dienone is 3. The normalized spacial score (nSPS) is 16.2. The van der Waals surface area contributed by atoms with E-state index in [0.29, 0.717) is 24.0 Å². The minimum absolute atomic E-state index is 0.260. The first-order valence-electron chi connectivity index (χ1n) is 13.8. The summed E-state index contributed by atoms with van der Waals surface area (Å²) in [5, 5.41) is 41.9. The molecule has 0 bridgehead atoms. The third-order valence-electron chi connectivity index (χ3n) is 7.94. The van der Waals surface area contributed by atoms with E-state index >= 15 is 0 Å². The second-order valence-corrected chi connectivity index (χ2v) is 10.9. The maximum Gasteiger partial charge on any atom is 0.488 e. The third-order valence-corrected chi connectivity index (χ3v) is 7.94. The summed E-state index contributed by atoms with van der Waals surface area (Å²) < 4.78 is 0. The molecular weight excluding hydrogens is 498 g/mol. The fraction of sp³-hybridized carbons (Fsp3) is 0.250. The standard InChI is InChI=1S/C32H36B2N2O4/c1-35(19-23-11-3-9-17-31(23)33(37)38)21-29-25-13-5-7-15-27(25)30(28-16-8-6-14-26(28)29)22-36(2)20-24-12-4-10-18-32(24)34(39)40/h3-15,17-18,28,37-40H,16,19-22H2,1-2H3. The van der Waals surface area contributed by atoms with E-state index in [2.05, 4.69) is 66.4 Å². The second kappa shape index (κ2) is 12.5. The van der Waals surface area contributed by atoms with E-state index in [-0.39, 0.29) is 5.92 Å². The zero-order valence-electron chi connectivity index (χ0n) is 23.1. The van der Waals surface area contributed by atoms with E-state index in [4.69, 9.17) is 0 Å². The number of fused-ring (bicyclic) bond motifs is 2. The van der Waals surface area contributed by atoms with Gasteiger partial charge in [0.05, 0.1) is 0 Å². The quantitative estimate of drug-likeness (QED) is 0.277. The van der Waals surface area contributed by atoms with Gasteiger partial charge in [0.25, 0.3) is 0 Å². The molecule has 3 aromatic carbocycles. The van der Waals surface area contributed by atoms with Crippen LogP contribution in [0.3, 0.4) is 0 Å². The largest absolute Gasteiger partial charge is 0.488 e. The summed E-state index contributed by atoms with van der Waals surface area (Å²) in [6.07, 6.45) is 7.56. The monoisotopic (exact) mass is 534 g/mol. The van der Waals surface area contributed by atoms with Gasteiger partial charge in [0.2, 0.25) is 0 Å². The maximum absolute atomic E-state index is 9.85. The van der Waals surface area contributed by atoms with Crippen LogP contribution in [0.25, 0.3) is 11.1 Å². The van der Waals surface area contributed by atoms with E-state index in [0.717, 1.165) is 30.6 Å². The van der Waals surface area contributed by atoms with Crippen molar-refractivity contribution < 1.29 is 20.1 Å². The van der Waals surface area contributed by atoms with Gasteiger partial charge in [-0.05, 0) is 69.7 Å². The molecule has 0 fully saturated rings. The molecule has 8 heteroatoms. The molecule has 1 unspecified atom stereocenters. The molecule has 2 aliphatic rings. The van der Waals surface area contributed by atoms with Gasteiger partial charge in [0.15, 0.2) is 0 Å². The van der Waals surface area contributed by atoms with Crippen LogP contribution >= 0.6 is 0 Å². The zero-order valence-corrected chi connectivity index (χ0v) is 23.1. The Morgan fingerprint density at radius 2 is 1.20 bits per heavy atom. The highest BCUT2D eigenvalue weighted by Crippen LogP contribution is 2.35. The molecule has 0 heterocycles. The van der Waals surface area contributed by atoms with Crippen LogP contribution < -0.4 is 21.4 Å². The van der Waals surface area contributed by atoms with Crippen molar-refractivity contribution in [2.24, 2.45) is 5.92 Å². The number of benzene rings is 3. The van der Waals surface area contributed by atoms with Gasteiger partial charge >= 0.3 is 14.2 Å². The van der Waals surface area contributed by atoms with Crippen LogP contribution in [0.4, 0.5) is 0 Å². The molecule has 0 spiro atoms. The number of rotatable bonds is 10. The molecule has 0 saturated carbocycles. The Labute approximate surface area is 236 Å². The lowest BCUT2D eigenvalue weighted by molar-refractivity contribution is 0.358. The van der Waals surface area contributed by atoms with Gasteiger partial charge in [-0.15, -0.1) is 0 Å². The highest BCUT2D eigenvalue weighted by atomic mass is 16.4. The van der Waals surface area contributed by atoms with Gasteiger partial charge in [-0.1, -0.05) is 91.0 Å². The molecule has 3 aromatic rings. The van der Waals surface area contributed by atoms with Crippen molar-refractivity contribution in [2.45, 2.75) is 19.5 Å². The van der Waals surface area contributed by atoms with E-state index in [1.54, 1.807) is 12.1 Å². The lowest BCUT2D eigenvalue weighted by Gasteiger charge is -2.34. The Bertz CT molecular complexity index is 1550. The molecule has 2 aliphatic carbocycles. The predicted molar refractivity (Wildman–Crippen MR) is 163 cm³/mol. The fourth-order valence-corrected chi connectivity index (χ4v) is 6.13.